The molecular formula is C25H24F2N6O2. The van der Waals surface area contributed by atoms with E-state index in [0.29, 0.717) is 53.3 Å². The number of nitrogens with one attached hydrogen (secondary N) is 2. The van der Waals surface area contributed by atoms with Crippen LogP contribution in [0, 0.1) is 11.6 Å². The summed E-state index contributed by atoms with van der Waals surface area (Å²) in [7, 11) is 0. The number of benzene rings is 1. The standard InChI is InChI=1S/C25H24F2N6O2/c26-17-4-5-20(27)18(12-17)21-2-1-8-33(21)25-19-11-16(14-30-24(19)31-32-25)22(35)10-15-3-6-23(29-13-15)28-7-9-34/h3-6,11-14,21,34H,1-2,7-10H2,(H,28,29)(H,30,31,32)/t21-/m1/s1. The molecule has 0 spiro atoms. The van der Waals surface area contributed by atoms with Crippen LogP contribution in [0.15, 0.2) is 48.8 Å². The van der Waals surface area contributed by atoms with E-state index in [4.69, 9.17) is 5.11 Å². The van der Waals surface area contributed by atoms with Crippen molar-refractivity contribution in [1.82, 2.24) is 20.2 Å². The molecule has 1 aromatic carbocycles. The lowest BCUT2D eigenvalue weighted by Gasteiger charge is -2.25. The van der Waals surface area contributed by atoms with Crippen LogP contribution < -0.4 is 10.2 Å². The Labute approximate surface area is 200 Å². The maximum absolute atomic E-state index is 14.5. The Morgan fingerprint density at radius 1 is 1.17 bits per heavy atom. The Morgan fingerprint density at radius 3 is 2.86 bits per heavy atom. The van der Waals surface area contributed by atoms with Crippen molar-refractivity contribution in [3.8, 4) is 0 Å². The quantitative estimate of drug-likeness (QED) is 0.331. The number of hydrogen-bond donors (Lipinski definition) is 3. The zero-order valence-corrected chi connectivity index (χ0v) is 18.8. The van der Waals surface area contributed by atoms with Crippen LogP contribution in [0.3, 0.4) is 0 Å². The van der Waals surface area contributed by atoms with Gasteiger partial charge in [0.1, 0.15) is 17.5 Å². The minimum Gasteiger partial charge on any atom is -0.395 e. The fraction of sp³-hybridized carbons (Fsp3) is 0.280. The van der Waals surface area contributed by atoms with Gasteiger partial charge in [-0.15, -0.1) is 0 Å². The number of aromatic amines is 1. The number of ketones is 1. The molecule has 4 aromatic rings. The van der Waals surface area contributed by atoms with Crippen LogP contribution in [-0.4, -0.2) is 50.8 Å². The average Bonchev–Trinajstić information content (AvgIpc) is 3.51. The van der Waals surface area contributed by atoms with Gasteiger partial charge in [0.2, 0.25) is 0 Å². The largest absolute Gasteiger partial charge is 0.395 e. The average molecular weight is 479 g/mol. The molecule has 1 saturated heterocycles. The van der Waals surface area contributed by atoms with E-state index >= 15 is 0 Å². The molecule has 5 rings (SSSR count). The number of anilines is 2. The number of nitrogens with zero attached hydrogens (tertiary/aromatic N) is 4. The van der Waals surface area contributed by atoms with Gasteiger partial charge in [-0.3, -0.25) is 9.89 Å². The molecule has 1 aliphatic heterocycles. The summed E-state index contributed by atoms with van der Waals surface area (Å²) in [4.78, 5) is 23.5. The van der Waals surface area contributed by atoms with Crippen molar-refractivity contribution in [2.45, 2.75) is 25.3 Å². The maximum Gasteiger partial charge on any atom is 0.168 e. The van der Waals surface area contributed by atoms with Crippen LogP contribution in [-0.2, 0) is 6.42 Å². The first-order valence-electron chi connectivity index (χ1n) is 11.4. The van der Waals surface area contributed by atoms with E-state index in [1.165, 1.54) is 12.3 Å². The number of carbonyl (C=O) groups is 1. The fourth-order valence-corrected chi connectivity index (χ4v) is 4.48. The summed E-state index contributed by atoms with van der Waals surface area (Å²) in [5.41, 5.74) is 1.99. The number of aliphatic hydroxyl groups is 1. The number of halogens is 2. The fourth-order valence-electron chi connectivity index (χ4n) is 4.48. The molecule has 0 unspecified atom stereocenters. The molecule has 35 heavy (non-hydrogen) atoms. The van der Waals surface area contributed by atoms with Crippen molar-refractivity contribution in [3.05, 3.63) is 77.1 Å². The number of aromatic nitrogens is 4. The molecule has 3 aromatic heterocycles. The first-order valence-corrected chi connectivity index (χ1v) is 11.4. The summed E-state index contributed by atoms with van der Waals surface area (Å²) in [5.74, 6) is 0.119. The van der Waals surface area contributed by atoms with Gasteiger partial charge in [-0.1, -0.05) is 6.07 Å². The summed E-state index contributed by atoms with van der Waals surface area (Å²) in [6.07, 6.45) is 4.74. The van der Waals surface area contributed by atoms with Gasteiger partial charge in [0, 0.05) is 43.0 Å². The maximum atomic E-state index is 14.5. The molecular weight excluding hydrogens is 454 g/mol. The van der Waals surface area contributed by atoms with Crippen molar-refractivity contribution >= 4 is 28.5 Å². The van der Waals surface area contributed by atoms with Gasteiger partial charge in [0.05, 0.1) is 18.0 Å². The van der Waals surface area contributed by atoms with E-state index in [1.54, 1.807) is 18.3 Å². The smallest absolute Gasteiger partial charge is 0.168 e. The monoisotopic (exact) mass is 478 g/mol. The SMILES string of the molecule is O=C(Cc1ccc(NCCO)nc1)c1cnc2[nH]nc(N3CCC[C@@H]3c3cc(F)ccc3F)c2c1. The molecule has 3 N–H and O–H groups in total. The molecule has 0 radical (unpaired) electrons. The second kappa shape index (κ2) is 9.75. The number of hydrogen-bond acceptors (Lipinski definition) is 7. The predicted molar refractivity (Wildman–Crippen MR) is 127 cm³/mol. The summed E-state index contributed by atoms with van der Waals surface area (Å²) in [5, 5.41) is 19.8. The van der Waals surface area contributed by atoms with Gasteiger partial charge in [0.15, 0.2) is 17.2 Å². The summed E-state index contributed by atoms with van der Waals surface area (Å²) < 4.78 is 28.4. The number of fused-ring (bicyclic) bond motifs is 1. The number of H-pyrrole nitrogens is 1. The second-order valence-corrected chi connectivity index (χ2v) is 8.49. The third-order valence-electron chi connectivity index (χ3n) is 6.17. The zero-order valence-electron chi connectivity index (χ0n) is 18.8. The van der Waals surface area contributed by atoms with Gasteiger partial charge in [-0.2, -0.15) is 5.10 Å². The molecule has 0 saturated carbocycles. The number of rotatable bonds is 8. The molecule has 1 aliphatic rings. The lowest BCUT2D eigenvalue weighted by molar-refractivity contribution is 0.0992. The van der Waals surface area contributed by atoms with Crippen molar-refractivity contribution in [1.29, 1.82) is 0 Å². The lowest BCUT2D eigenvalue weighted by atomic mass is 10.0. The molecule has 180 valence electrons. The molecule has 8 nitrogen and oxygen atoms in total. The topological polar surface area (TPSA) is 107 Å². The van der Waals surface area contributed by atoms with E-state index in [1.807, 2.05) is 11.0 Å². The van der Waals surface area contributed by atoms with Crippen molar-refractivity contribution in [3.63, 3.8) is 0 Å². The van der Waals surface area contributed by atoms with Crippen LogP contribution in [0.2, 0.25) is 0 Å². The summed E-state index contributed by atoms with van der Waals surface area (Å²) in [6, 6.07) is 8.44. The van der Waals surface area contributed by atoms with Crippen LogP contribution in [0.4, 0.5) is 20.4 Å². The van der Waals surface area contributed by atoms with Crippen molar-refractivity contribution < 1.29 is 18.7 Å². The molecule has 0 bridgehead atoms. The molecule has 1 fully saturated rings. The van der Waals surface area contributed by atoms with E-state index in [-0.39, 0.29) is 24.9 Å². The summed E-state index contributed by atoms with van der Waals surface area (Å²) in [6.45, 7) is 1.03. The highest BCUT2D eigenvalue weighted by molar-refractivity contribution is 6.01. The highest BCUT2D eigenvalue weighted by Gasteiger charge is 2.31. The third-order valence-corrected chi connectivity index (χ3v) is 6.17. The third kappa shape index (κ3) is 4.69. The first kappa shape index (κ1) is 22.9. The Hall–Kier alpha value is -3.92. The van der Waals surface area contributed by atoms with Crippen LogP contribution >= 0.6 is 0 Å². The number of Topliss-reactive ketones (excluding diaryl/α,β-unsaturated/α-hetero) is 1. The highest BCUT2D eigenvalue weighted by atomic mass is 19.1. The van der Waals surface area contributed by atoms with Crippen LogP contribution in [0.5, 0.6) is 0 Å². The van der Waals surface area contributed by atoms with E-state index < -0.39 is 11.6 Å². The molecule has 0 aliphatic carbocycles. The van der Waals surface area contributed by atoms with Gasteiger partial charge < -0.3 is 15.3 Å². The van der Waals surface area contributed by atoms with Crippen molar-refractivity contribution in [2.75, 3.05) is 29.9 Å². The predicted octanol–water partition coefficient (Wildman–Crippen LogP) is 3.80. The first-order chi connectivity index (χ1) is 17.0. The second-order valence-electron chi connectivity index (χ2n) is 8.49. The van der Waals surface area contributed by atoms with Gasteiger partial charge >= 0.3 is 0 Å². The Kier molecular flexibility index (Phi) is 6.37. The Morgan fingerprint density at radius 2 is 2.06 bits per heavy atom. The molecule has 10 heteroatoms. The zero-order chi connectivity index (χ0) is 24.4. The van der Waals surface area contributed by atoms with E-state index in [9.17, 15) is 13.6 Å². The van der Waals surface area contributed by atoms with E-state index in [0.717, 1.165) is 24.1 Å². The van der Waals surface area contributed by atoms with Crippen LogP contribution in [0.1, 0.15) is 40.4 Å². The lowest BCUT2D eigenvalue weighted by Crippen LogP contribution is -2.24. The van der Waals surface area contributed by atoms with Gasteiger partial charge in [0.25, 0.3) is 0 Å². The number of pyridine rings is 2. The van der Waals surface area contributed by atoms with E-state index in [2.05, 4.69) is 25.5 Å². The van der Waals surface area contributed by atoms with Crippen LogP contribution in [0.25, 0.3) is 11.0 Å². The van der Waals surface area contributed by atoms with Gasteiger partial charge in [-0.05, 0) is 48.7 Å². The minimum absolute atomic E-state index is 0.00272. The Balaban J connectivity index is 1.39. The normalized spacial score (nSPS) is 15.6. The molecule has 0 amide bonds. The molecule has 1 atom stereocenters. The molecule has 4 heterocycles. The summed E-state index contributed by atoms with van der Waals surface area (Å²) >= 11 is 0. The van der Waals surface area contributed by atoms with Gasteiger partial charge in [-0.25, -0.2) is 18.7 Å². The van der Waals surface area contributed by atoms with Crippen molar-refractivity contribution in [2.24, 2.45) is 0 Å². The number of carbonyl (C=O) groups excluding carboxylic acids is 1. The number of aliphatic hydroxyl groups excluding tert-OH is 1. The minimum atomic E-state index is -0.485. The highest BCUT2D eigenvalue weighted by Crippen LogP contribution is 2.39. The Bertz CT molecular complexity index is 1360.